The van der Waals surface area contributed by atoms with Crippen molar-refractivity contribution in [1.29, 1.82) is 0 Å². The molecule has 0 radical (unpaired) electrons. The Hall–Kier alpha value is -0.710. The van der Waals surface area contributed by atoms with Crippen molar-refractivity contribution < 1.29 is 14.7 Å². The fourth-order valence-corrected chi connectivity index (χ4v) is 1.77. The second-order valence-corrected chi connectivity index (χ2v) is 6.78. The highest BCUT2D eigenvalue weighted by Crippen LogP contribution is 2.48. The van der Waals surface area contributed by atoms with E-state index in [-0.39, 0.29) is 0 Å². The van der Waals surface area contributed by atoms with Gasteiger partial charge in [-0.05, 0) is 32.4 Å². The normalized spacial score (nSPS) is 27.1. The van der Waals surface area contributed by atoms with E-state index in [1.165, 1.54) is 6.92 Å². The Balaban J connectivity index is 2.90. The molecule has 0 heterocycles. The molecule has 106 valence electrons. The number of rotatable bonds is 3. The lowest BCUT2D eigenvalue weighted by atomic mass is 9.84. The molecule has 0 amide bonds. The molecule has 4 nitrogen and oxygen atoms in total. The number of hydrogen-bond acceptors (Lipinski definition) is 3. The summed E-state index contributed by atoms with van der Waals surface area (Å²) in [5, 5.41) is 12.5. The SMILES string of the molecule is CC1=C[C@](C)(C(Cl)(Cl)Cl)C=C/C1=N\O[C@@H](C)C(=O)O. The Labute approximate surface area is 126 Å². The Morgan fingerprint density at radius 1 is 1.53 bits per heavy atom. The third kappa shape index (κ3) is 3.88. The predicted molar refractivity (Wildman–Crippen MR) is 76.9 cm³/mol. The fraction of sp³-hybridized carbons (Fsp3) is 0.500. The van der Waals surface area contributed by atoms with Gasteiger partial charge in [0.25, 0.3) is 0 Å². The molecule has 0 unspecified atom stereocenters. The molecule has 0 aromatic carbocycles. The van der Waals surface area contributed by atoms with E-state index < -0.39 is 21.3 Å². The summed E-state index contributed by atoms with van der Waals surface area (Å²) in [6.07, 6.45) is 4.08. The van der Waals surface area contributed by atoms with E-state index in [4.69, 9.17) is 44.7 Å². The average Bonchev–Trinajstić information content (AvgIpc) is 2.25. The van der Waals surface area contributed by atoms with E-state index in [1.807, 2.05) is 0 Å². The Morgan fingerprint density at radius 3 is 2.53 bits per heavy atom. The summed E-state index contributed by atoms with van der Waals surface area (Å²) in [6.45, 7) is 4.95. The summed E-state index contributed by atoms with van der Waals surface area (Å²) < 4.78 is -1.48. The number of nitrogens with zero attached hydrogens (tertiary/aromatic N) is 1. The maximum Gasteiger partial charge on any atom is 0.347 e. The number of carbonyl (C=O) groups is 1. The summed E-state index contributed by atoms with van der Waals surface area (Å²) in [7, 11) is 0. The zero-order valence-corrected chi connectivity index (χ0v) is 12.9. The largest absolute Gasteiger partial charge is 0.478 e. The molecule has 1 aliphatic rings. The summed E-state index contributed by atoms with van der Waals surface area (Å²) in [4.78, 5) is 15.5. The molecular formula is C12H14Cl3NO3. The highest BCUT2D eigenvalue weighted by atomic mass is 35.6. The lowest BCUT2D eigenvalue weighted by Crippen LogP contribution is -2.31. The molecule has 0 fully saturated rings. The molecule has 2 atom stereocenters. The predicted octanol–water partition coefficient (Wildman–Crippen LogP) is 3.72. The Kier molecular flexibility index (Phi) is 4.93. The topological polar surface area (TPSA) is 58.9 Å². The standard InChI is InChI=1S/C12H14Cl3NO3/c1-7-6-11(3,12(13,14)15)5-4-9(7)16-19-8(2)10(17)18/h4-6,8H,1-3H3,(H,17,18)/b16-9+/t8-,11+/m0/s1. The smallest absolute Gasteiger partial charge is 0.347 e. The van der Waals surface area contributed by atoms with Crippen LogP contribution in [0.3, 0.4) is 0 Å². The van der Waals surface area contributed by atoms with Gasteiger partial charge in [-0.25, -0.2) is 4.79 Å². The molecule has 1 aliphatic carbocycles. The number of carboxylic acids is 1. The molecule has 1 N–H and O–H groups in total. The van der Waals surface area contributed by atoms with E-state index in [0.717, 1.165) is 5.57 Å². The van der Waals surface area contributed by atoms with Crippen molar-refractivity contribution in [2.24, 2.45) is 10.6 Å². The molecule has 0 saturated heterocycles. The summed E-state index contributed by atoms with van der Waals surface area (Å²) >= 11 is 17.8. The van der Waals surface area contributed by atoms with E-state index in [9.17, 15) is 4.79 Å². The summed E-state index contributed by atoms with van der Waals surface area (Å²) in [6, 6.07) is 0. The lowest BCUT2D eigenvalue weighted by Gasteiger charge is -2.33. The van der Waals surface area contributed by atoms with Gasteiger partial charge in [0.1, 0.15) is 5.71 Å². The van der Waals surface area contributed by atoms with Crippen molar-refractivity contribution in [1.82, 2.24) is 0 Å². The van der Waals surface area contributed by atoms with Gasteiger partial charge < -0.3 is 9.94 Å². The number of allylic oxidation sites excluding steroid dienone is 4. The summed E-state index contributed by atoms with van der Waals surface area (Å²) in [5.74, 6) is -1.09. The Morgan fingerprint density at radius 2 is 2.11 bits per heavy atom. The number of oxime groups is 1. The van der Waals surface area contributed by atoms with Gasteiger partial charge in [-0.2, -0.15) is 0 Å². The van der Waals surface area contributed by atoms with Crippen LogP contribution in [0.5, 0.6) is 0 Å². The highest BCUT2D eigenvalue weighted by Gasteiger charge is 2.42. The zero-order chi connectivity index (χ0) is 14.8. The zero-order valence-electron chi connectivity index (χ0n) is 10.7. The number of hydrogen-bond donors (Lipinski definition) is 1. The van der Waals surface area contributed by atoms with Crippen LogP contribution in [0.4, 0.5) is 0 Å². The molecule has 0 saturated carbocycles. The van der Waals surface area contributed by atoms with Gasteiger partial charge in [-0.3, -0.25) is 0 Å². The third-order valence-corrected chi connectivity index (χ3v) is 4.00. The first-order valence-corrected chi connectivity index (χ1v) is 6.62. The van der Waals surface area contributed by atoms with Crippen LogP contribution in [-0.4, -0.2) is 26.7 Å². The minimum absolute atomic E-state index is 0.500. The number of alkyl halides is 3. The molecule has 0 aliphatic heterocycles. The quantitative estimate of drug-likeness (QED) is 0.635. The van der Waals surface area contributed by atoms with Crippen molar-refractivity contribution in [2.45, 2.75) is 30.7 Å². The van der Waals surface area contributed by atoms with Gasteiger partial charge in [-0.1, -0.05) is 52.1 Å². The van der Waals surface area contributed by atoms with Crippen molar-refractivity contribution >= 4 is 46.5 Å². The molecular weight excluding hydrogens is 312 g/mol. The molecule has 7 heteroatoms. The van der Waals surface area contributed by atoms with Gasteiger partial charge in [0.15, 0.2) is 0 Å². The van der Waals surface area contributed by atoms with Crippen molar-refractivity contribution in [3.63, 3.8) is 0 Å². The number of halogens is 3. The van der Waals surface area contributed by atoms with E-state index >= 15 is 0 Å². The lowest BCUT2D eigenvalue weighted by molar-refractivity contribution is -0.149. The molecule has 1 rings (SSSR count). The second kappa shape index (κ2) is 5.73. The van der Waals surface area contributed by atoms with Crippen LogP contribution in [0.1, 0.15) is 20.8 Å². The monoisotopic (exact) mass is 325 g/mol. The van der Waals surface area contributed by atoms with Crippen LogP contribution in [0.25, 0.3) is 0 Å². The van der Waals surface area contributed by atoms with Crippen LogP contribution >= 0.6 is 34.8 Å². The van der Waals surface area contributed by atoms with Gasteiger partial charge in [-0.15, -0.1) is 0 Å². The average molecular weight is 327 g/mol. The van der Waals surface area contributed by atoms with Gasteiger partial charge in [0.2, 0.25) is 9.90 Å². The second-order valence-electron chi connectivity index (χ2n) is 4.50. The van der Waals surface area contributed by atoms with Crippen molar-refractivity contribution in [3.05, 3.63) is 23.8 Å². The minimum Gasteiger partial charge on any atom is -0.478 e. The molecule has 0 bridgehead atoms. The van der Waals surface area contributed by atoms with Gasteiger partial charge in [0.05, 0.1) is 5.41 Å². The van der Waals surface area contributed by atoms with Crippen molar-refractivity contribution in [3.8, 4) is 0 Å². The first-order chi connectivity index (χ1) is 8.57. The molecule has 0 spiro atoms. The summed E-state index contributed by atoms with van der Waals surface area (Å²) in [5.41, 5.74) is 0.493. The minimum atomic E-state index is -1.48. The first-order valence-electron chi connectivity index (χ1n) is 5.49. The maximum absolute atomic E-state index is 10.6. The maximum atomic E-state index is 10.6. The van der Waals surface area contributed by atoms with E-state index in [0.29, 0.717) is 5.71 Å². The van der Waals surface area contributed by atoms with Crippen LogP contribution in [0, 0.1) is 5.41 Å². The van der Waals surface area contributed by atoms with E-state index in [2.05, 4.69) is 5.16 Å². The fourth-order valence-electron chi connectivity index (χ4n) is 1.41. The number of aliphatic carboxylic acids is 1. The van der Waals surface area contributed by atoms with Crippen LogP contribution in [0.15, 0.2) is 29.0 Å². The number of carboxylic acid groups (broad SMARTS) is 1. The van der Waals surface area contributed by atoms with Crippen LogP contribution in [0.2, 0.25) is 0 Å². The van der Waals surface area contributed by atoms with Gasteiger partial charge >= 0.3 is 5.97 Å². The van der Waals surface area contributed by atoms with Crippen LogP contribution in [-0.2, 0) is 9.63 Å². The van der Waals surface area contributed by atoms with Gasteiger partial charge in [0, 0.05) is 0 Å². The molecule has 0 aromatic rings. The third-order valence-electron chi connectivity index (χ3n) is 2.78. The van der Waals surface area contributed by atoms with E-state index in [1.54, 1.807) is 32.1 Å². The molecule has 19 heavy (non-hydrogen) atoms. The first kappa shape index (κ1) is 16.3. The highest BCUT2D eigenvalue weighted by molar-refractivity contribution is 6.68. The van der Waals surface area contributed by atoms with Crippen molar-refractivity contribution in [2.75, 3.05) is 0 Å². The molecule has 0 aromatic heterocycles. The van der Waals surface area contributed by atoms with Crippen LogP contribution < -0.4 is 0 Å². The Bertz CT molecular complexity index is 465.